The molecule has 0 radical (unpaired) electrons. The Labute approximate surface area is 265 Å². The summed E-state index contributed by atoms with van der Waals surface area (Å²) < 4.78 is 29.2. The molecule has 4 aromatic carbocycles. The number of hydrogen-bond acceptors (Lipinski definition) is 4. The Bertz CT molecular complexity index is 1680. The fourth-order valence-corrected chi connectivity index (χ4v) is 6.51. The van der Waals surface area contributed by atoms with Gasteiger partial charge in [-0.3, -0.25) is 13.9 Å². The molecule has 1 atom stereocenters. The number of nitrogens with one attached hydrogen (secondary N) is 1. The normalized spacial score (nSPS) is 11.9. The van der Waals surface area contributed by atoms with Crippen LogP contribution in [-0.4, -0.2) is 44.3 Å². The maximum Gasteiger partial charge on any atom is 0.264 e. The van der Waals surface area contributed by atoms with Crippen molar-refractivity contribution in [2.75, 3.05) is 17.4 Å². The van der Waals surface area contributed by atoms with E-state index in [1.807, 2.05) is 75.4 Å². The first-order valence-electron chi connectivity index (χ1n) is 14.6. The fourth-order valence-electron chi connectivity index (χ4n) is 4.91. The molecule has 0 fully saturated rings. The van der Waals surface area contributed by atoms with Crippen molar-refractivity contribution in [1.29, 1.82) is 0 Å². The largest absolute Gasteiger partial charge is 0.354 e. The molecule has 0 saturated carbocycles. The minimum atomic E-state index is -4.18. The van der Waals surface area contributed by atoms with Gasteiger partial charge in [0.25, 0.3) is 10.0 Å². The van der Waals surface area contributed by atoms with Gasteiger partial charge in [0.15, 0.2) is 0 Å². The molecule has 0 aliphatic carbocycles. The summed E-state index contributed by atoms with van der Waals surface area (Å²) in [7, 11) is -4.18. The molecule has 0 saturated heterocycles. The van der Waals surface area contributed by atoms with E-state index in [4.69, 9.17) is 11.6 Å². The van der Waals surface area contributed by atoms with Crippen molar-refractivity contribution in [2.24, 2.45) is 0 Å². The van der Waals surface area contributed by atoms with E-state index in [2.05, 4.69) is 5.32 Å². The molecule has 4 aromatic rings. The fraction of sp³-hybridized carbons (Fsp3) is 0.257. The molecular formula is C35H38ClN3O4S. The molecule has 0 aliphatic heterocycles. The third kappa shape index (κ3) is 8.27. The average molecular weight is 632 g/mol. The minimum Gasteiger partial charge on any atom is -0.354 e. The molecule has 9 heteroatoms. The summed E-state index contributed by atoms with van der Waals surface area (Å²) in [4.78, 5) is 29.7. The lowest BCUT2D eigenvalue weighted by molar-refractivity contribution is -0.140. The highest BCUT2D eigenvalue weighted by atomic mass is 35.5. The number of hydrogen-bond donors (Lipinski definition) is 1. The van der Waals surface area contributed by atoms with Crippen molar-refractivity contribution in [1.82, 2.24) is 10.2 Å². The smallest absolute Gasteiger partial charge is 0.264 e. The molecular weight excluding hydrogens is 594 g/mol. The topological polar surface area (TPSA) is 86.8 Å². The molecule has 7 nitrogen and oxygen atoms in total. The highest BCUT2D eigenvalue weighted by Gasteiger charge is 2.34. The van der Waals surface area contributed by atoms with Crippen LogP contribution in [0.1, 0.15) is 35.6 Å². The zero-order valence-corrected chi connectivity index (χ0v) is 26.8. The number of rotatable bonds is 13. The number of carbonyl (C=O) groups excluding carboxylic acids is 2. The van der Waals surface area contributed by atoms with Crippen LogP contribution in [0.25, 0.3) is 0 Å². The Morgan fingerprint density at radius 1 is 0.841 bits per heavy atom. The number of amides is 2. The quantitative estimate of drug-likeness (QED) is 0.187. The second-order valence-electron chi connectivity index (χ2n) is 10.8. The van der Waals surface area contributed by atoms with E-state index in [0.717, 1.165) is 33.0 Å². The van der Waals surface area contributed by atoms with Crippen molar-refractivity contribution < 1.29 is 18.0 Å². The summed E-state index contributed by atoms with van der Waals surface area (Å²) >= 11 is 6.44. The van der Waals surface area contributed by atoms with E-state index < -0.39 is 28.5 Å². The van der Waals surface area contributed by atoms with Gasteiger partial charge in [-0.15, -0.1) is 0 Å². The zero-order chi connectivity index (χ0) is 31.7. The molecule has 0 unspecified atom stereocenters. The summed E-state index contributed by atoms with van der Waals surface area (Å²) in [5, 5.41) is 3.33. The van der Waals surface area contributed by atoms with Gasteiger partial charge in [-0.25, -0.2) is 8.42 Å². The maximum absolute atomic E-state index is 14.5. The second-order valence-corrected chi connectivity index (χ2v) is 13.0. The molecule has 0 bridgehead atoms. The standard InChI is InChI=1S/C35H38ClN3O4S/c1-4-20-37-35(41)33(22-28-13-7-5-8-14-28)38(24-29-15-11-12-26(2)21-29)34(40)25-39(30-19-18-27(3)32(36)23-30)44(42,43)31-16-9-6-10-17-31/h5-19,21,23,33H,4,20,22,24-25H2,1-3H3,(H,37,41)/t33-/m0/s1. The first-order valence-corrected chi connectivity index (χ1v) is 16.4. The SMILES string of the molecule is CCCNC(=O)[C@H](Cc1ccccc1)N(Cc1cccc(C)c1)C(=O)CN(c1ccc(C)c(Cl)c1)S(=O)(=O)c1ccccc1. The van der Waals surface area contributed by atoms with E-state index in [0.29, 0.717) is 11.6 Å². The van der Waals surface area contributed by atoms with Gasteiger partial charge in [-0.2, -0.15) is 0 Å². The Morgan fingerprint density at radius 2 is 1.50 bits per heavy atom. The van der Waals surface area contributed by atoms with Crippen LogP contribution in [-0.2, 0) is 32.6 Å². The molecule has 0 heterocycles. The predicted molar refractivity (Wildman–Crippen MR) is 176 cm³/mol. The van der Waals surface area contributed by atoms with Gasteiger partial charge in [0.05, 0.1) is 10.6 Å². The highest BCUT2D eigenvalue weighted by molar-refractivity contribution is 7.92. The molecule has 1 N–H and O–H groups in total. The number of sulfonamides is 1. The molecule has 0 spiro atoms. The molecule has 2 amide bonds. The van der Waals surface area contributed by atoms with Gasteiger partial charge in [0.2, 0.25) is 11.8 Å². The Morgan fingerprint density at radius 3 is 2.14 bits per heavy atom. The van der Waals surface area contributed by atoms with Crippen LogP contribution in [0.15, 0.2) is 108 Å². The minimum absolute atomic E-state index is 0.0382. The van der Waals surface area contributed by atoms with E-state index >= 15 is 0 Å². The lowest BCUT2D eigenvalue weighted by Gasteiger charge is -2.34. The molecule has 4 rings (SSSR count). The first kappa shape index (κ1) is 32.8. The van der Waals surface area contributed by atoms with Gasteiger partial charge >= 0.3 is 0 Å². The van der Waals surface area contributed by atoms with E-state index in [9.17, 15) is 18.0 Å². The van der Waals surface area contributed by atoms with Crippen LogP contribution in [0.4, 0.5) is 5.69 Å². The van der Waals surface area contributed by atoms with E-state index in [-0.39, 0.29) is 29.5 Å². The monoisotopic (exact) mass is 631 g/mol. The van der Waals surface area contributed by atoms with Crippen molar-refractivity contribution in [3.63, 3.8) is 0 Å². The summed E-state index contributed by atoms with van der Waals surface area (Å²) in [6.07, 6.45) is 0.989. The van der Waals surface area contributed by atoms with Crippen LogP contribution in [0.2, 0.25) is 5.02 Å². The van der Waals surface area contributed by atoms with Crippen LogP contribution >= 0.6 is 11.6 Å². The average Bonchev–Trinajstić information content (AvgIpc) is 3.02. The van der Waals surface area contributed by atoms with E-state index in [1.54, 1.807) is 36.4 Å². The van der Waals surface area contributed by atoms with Gasteiger partial charge in [-0.1, -0.05) is 103 Å². The zero-order valence-electron chi connectivity index (χ0n) is 25.2. The van der Waals surface area contributed by atoms with Crippen molar-refractivity contribution in [3.05, 3.63) is 130 Å². The van der Waals surface area contributed by atoms with E-state index in [1.165, 1.54) is 17.0 Å². The molecule has 0 aliphatic rings. The molecule has 44 heavy (non-hydrogen) atoms. The Balaban J connectivity index is 1.81. The van der Waals surface area contributed by atoms with Gasteiger partial charge in [-0.05, 0) is 61.2 Å². The van der Waals surface area contributed by atoms with Crippen molar-refractivity contribution in [2.45, 2.75) is 51.1 Å². The summed E-state index contributed by atoms with van der Waals surface area (Å²) in [6, 6.07) is 29.2. The number of anilines is 1. The lowest BCUT2D eigenvalue weighted by atomic mass is 10.0. The Kier molecular flexibility index (Phi) is 11.2. The Hall–Kier alpha value is -4.14. The van der Waals surface area contributed by atoms with Crippen LogP contribution in [0, 0.1) is 13.8 Å². The van der Waals surface area contributed by atoms with Crippen molar-refractivity contribution in [3.8, 4) is 0 Å². The lowest BCUT2D eigenvalue weighted by Crippen LogP contribution is -2.53. The predicted octanol–water partition coefficient (Wildman–Crippen LogP) is 6.32. The summed E-state index contributed by atoms with van der Waals surface area (Å²) in [6.45, 7) is 5.77. The van der Waals surface area contributed by atoms with Gasteiger partial charge in [0, 0.05) is 24.5 Å². The number of halogens is 1. The van der Waals surface area contributed by atoms with Crippen molar-refractivity contribution >= 4 is 39.1 Å². The number of nitrogens with zero attached hydrogens (tertiary/aromatic N) is 2. The van der Waals surface area contributed by atoms with Crippen LogP contribution in [0.3, 0.4) is 0 Å². The number of carbonyl (C=O) groups is 2. The highest BCUT2D eigenvalue weighted by Crippen LogP contribution is 2.29. The third-order valence-electron chi connectivity index (χ3n) is 7.31. The second kappa shape index (κ2) is 15.0. The molecule has 0 aromatic heterocycles. The number of aryl methyl sites for hydroxylation is 2. The summed E-state index contributed by atoms with van der Waals surface area (Å²) in [5.74, 6) is -0.817. The number of benzene rings is 4. The molecule has 230 valence electrons. The maximum atomic E-state index is 14.5. The van der Waals surface area contributed by atoms with Crippen LogP contribution in [0.5, 0.6) is 0 Å². The third-order valence-corrected chi connectivity index (χ3v) is 9.50. The van der Waals surface area contributed by atoms with Crippen LogP contribution < -0.4 is 9.62 Å². The summed E-state index contributed by atoms with van der Waals surface area (Å²) in [5.41, 5.74) is 3.74. The first-order chi connectivity index (χ1) is 21.1. The van der Waals surface area contributed by atoms with Gasteiger partial charge < -0.3 is 10.2 Å². The van der Waals surface area contributed by atoms with Gasteiger partial charge in [0.1, 0.15) is 12.6 Å².